The Balaban J connectivity index is 2.80. The molecule has 60 valence electrons. The van der Waals surface area contributed by atoms with E-state index < -0.39 is 0 Å². The smallest absolute Gasteiger partial charge is 0.0243 e. The molecule has 0 amide bonds. The predicted octanol–water partition coefficient (Wildman–Crippen LogP) is 3.08. The molecule has 0 unspecified atom stereocenters. The highest BCUT2D eigenvalue weighted by Crippen LogP contribution is 2.05. The second kappa shape index (κ2) is 4.79. The molecule has 0 aliphatic carbocycles. The van der Waals surface area contributed by atoms with Gasteiger partial charge in [0.25, 0.3) is 0 Å². The van der Waals surface area contributed by atoms with Gasteiger partial charge in [-0.2, -0.15) is 0 Å². The van der Waals surface area contributed by atoms with Crippen molar-refractivity contribution in [3.05, 3.63) is 41.5 Å². The maximum absolute atomic E-state index is 5.22. The van der Waals surface area contributed by atoms with E-state index in [1.54, 1.807) is 0 Å². The van der Waals surface area contributed by atoms with Gasteiger partial charge in [-0.25, -0.2) is 0 Å². The molecule has 0 aliphatic heterocycles. The molecule has 0 saturated heterocycles. The Bertz CT molecular complexity index is 301. The van der Waals surface area contributed by atoms with E-state index in [0.29, 0.717) is 0 Å². The molecule has 0 aliphatic rings. The lowest BCUT2D eigenvalue weighted by Gasteiger charge is -1.92. The van der Waals surface area contributed by atoms with Crippen molar-refractivity contribution in [1.82, 2.24) is 0 Å². The molecule has 0 atom stereocenters. The Morgan fingerprint density at radius 1 is 1.33 bits per heavy atom. The summed E-state index contributed by atoms with van der Waals surface area (Å²) in [5, 5.41) is 0.879. The van der Waals surface area contributed by atoms with Crippen LogP contribution in [0.2, 0.25) is 0 Å². The molecule has 0 aromatic heterocycles. The number of hydrogen-bond acceptors (Lipinski definition) is 0. The molecule has 1 heteroatoms. The van der Waals surface area contributed by atoms with Gasteiger partial charge in [0.1, 0.15) is 0 Å². The fraction of sp³-hybridized carbons (Fsp3) is 0.0909. The van der Waals surface area contributed by atoms with Crippen LogP contribution in [-0.4, -0.2) is 5.33 Å². The lowest BCUT2D eigenvalue weighted by molar-refractivity contribution is 1.61. The maximum Gasteiger partial charge on any atom is 0.0243 e. The van der Waals surface area contributed by atoms with E-state index in [2.05, 4.69) is 27.9 Å². The first kappa shape index (κ1) is 9.09. The SMILES string of the molecule is C#Cc1ccc(C=CCBr)cc1. The summed E-state index contributed by atoms with van der Waals surface area (Å²) < 4.78 is 0. The minimum absolute atomic E-state index is 0.879. The predicted molar refractivity (Wildman–Crippen MR) is 57.2 cm³/mol. The molecule has 1 rings (SSSR count). The molecule has 0 N–H and O–H groups in total. The summed E-state index contributed by atoms with van der Waals surface area (Å²) in [6.07, 6.45) is 9.32. The minimum Gasteiger partial charge on any atom is -0.115 e. The molecule has 1 aromatic rings. The van der Waals surface area contributed by atoms with Crippen LogP contribution in [0.3, 0.4) is 0 Å². The van der Waals surface area contributed by atoms with Crippen molar-refractivity contribution >= 4 is 22.0 Å². The number of terminal acetylenes is 1. The van der Waals surface area contributed by atoms with E-state index in [0.717, 1.165) is 10.9 Å². The first-order valence-corrected chi connectivity index (χ1v) is 4.78. The summed E-state index contributed by atoms with van der Waals surface area (Å²) >= 11 is 3.32. The third-order valence-electron chi connectivity index (χ3n) is 1.48. The van der Waals surface area contributed by atoms with E-state index in [-0.39, 0.29) is 0 Å². The Morgan fingerprint density at radius 2 is 2.00 bits per heavy atom. The van der Waals surface area contributed by atoms with Crippen LogP contribution in [-0.2, 0) is 0 Å². The van der Waals surface area contributed by atoms with Crippen molar-refractivity contribution in [2.24, 2.45) is 0 Å². The molecule has 0 heterocycles. The van der Waals surface area contributed by atoms with Crippen molar-refractivity contribution in [1.29, 1.82) is 0 Å². The Morgan fingerprint density at radius 3 is 2.50 bits per heavy atom. The van der Waals surface area contributed by atoms with Gasteiger partial charge >= 0.3 is 0 Å². The van der Waals surface area contributed by atoms with Crippen LogP contribution in [0.1, 0.15) is 11.1 Å². The molecular formula is C11H9Br. The third kappa shape index (κ3) is 2.56. The molecule has 0 nitrogen and oxygen atoms in total. The molecular weight excluding hydrogens is 212 g/mol. The Labute approximate surface area is 81.4 Å². The lowest BCUT2D eigenvalue weighted by Crippen LogP contribution is -1.74. The standard InChI is InChI=1S/C11H9Br/c1-2-10-5-7-11(8-6-10)4-3-9-12/h1,3-8H,9H2. The highest BCUT2D eigenvalue weighted by atomic mass is 79.9. The van der Waals surface area contributed by atoms with E-state index in [1.165, 1.54) is 5.56 Å². The zero-order valence-electron chi connectivity index (χ0n) is 6.63. The van der Waals surface area contributed by atoms with Gasteiger partial charge in [-0.1, -0.05) is 46.1 Å². The molecule has 0 fully saturated rings. The summed E-state index contributed by atoms with van der Waals surface area (Å²) in [5.41, 5.74) is 2.10. The van der Waals surface area contributed by atoms with E-state index in [9.17, 15) is 0 Å². The first-order chi connectivity index (χ1) is 5.86. The van der Waals surface area contributed by atoms with Gasteiger partial charge < -0.3 is 0 Å². The maximum atomic E-state index is 5.22. The van der Waals surface area contributed by atoms with Gasteiger partial charge in [0.2, 0.25) is 0 Å². The van der Waals surface area contributed by atoms with Crippen molar-refractivity contribution in [3.8, 4) is 12.3 Å². The van der Waals surface area contributed by atoms with Crippen LogP contribution in [0, 0.1) is 12.3 Å². The summed E-state index contributed by atoms with van der Waals surface area (Å²) in [7, 11) is 0. The monoisotopic (exact) mass is 220 g/mol. The number of hydrogen-bond donors (Lipinski definition) is 0. The van der Waals surface area contributed by atoms with Crippen LogP contribution < -0.4 is 0 Å². The van der Waals surface area contributed by atoms with Gasteiger partial charge in [0.15, 0.2) is 0 Å². The lowest BCUT2D eigenvalue weighted by atomic mass is 10.1. The first-order valence-electron chi connectivity index (χ1n) is 3.66. The van der Waals surface area contributed by atoms with Gasteiger partial charge in [-0.05, 0) is 17.7 Å². The fourth-order valence-corrected chi connectivity index (χ4v) is 1.06. The summed E-state index contributed by atoms with van der Waals surface area (Å²) in [6, 6.07) is 7.89. The van der Waals surface area contributed by atoms with Crippen LogP contribution in [0.25, 0.3) is 6.08 Å². The number of rotatable bonds is 2. The second-order valence-corrected chi connectivity index (χ2v) is 2.97. The topological polar surface area (TPSA) is 0 Å². The highest BCUT2D eigenvalue weighted by molar-refractivity contribution is 9.09. The fourth-order valence-electron chi connectivity index (χ4n) is 0.871. The average molecular weight is 221 g/mol. The van der Waals surface area contributed by atoms with Gasteiger partial charge in [0, 0.05) is 10.9 Å². The van der Waals surface area contributed by atoms with E-state index in [1.807, 2.05) is 30.3 Å². The molecule has 0 spiro atoms. The minimum atomic E-state index is 0.879. The molecule has 0 bridgehead atoms. The van der Waals surface area contributed by atoms with Crippen LogP contribution in [0.4, 0.5) is 0 Å². The quantitative estimate of drug-likeness (QED) is 0.531. The number of alkyl halides is 1. The second-order valence-electron chi connectivity index (χ2n) is 2.32. The number of halogens is 1. The summed E-state index contributed by atoms with van der Waals surface area (Å²) in [5.74, 6) is 2.58. The average Bonchev–Trinajstić information content (AvgIpc) is 2.15. The normalized spacial score (nSPS) is 10.0. The van der Waals surface area contributed by atoms with Gasteiger partial charge in [0.05, 0.1) is 0 Å². The summed E-state index contributed by atoms with van der Waals surface area (Å²) in [6.45, 7) is 0. The highest BCUT2D eigenvalue weighted by Gasteiger charge is 1.86. The molecule has 12 heavy (non-hydrogen) atoms. The number of allylic oxidation sites excluding steroid dienone is 1. The van der Waals surface area contributed by atoms with Crippen LogP contribution >= 0.6 is 15.9 Å². The van der Waals surface area contributed by atoms with Crippen molar-refractivity contribution in [2.75, 3.05) is 5.33 Å². The largest absolute Gasteiger partial charge is 0.115 e. The third-order valence-corrected chi connectivity index (χ3v) is 1.85. The van der Waals surface area contributed by atoms with Crippen molar-refractivity contribution < 1.29 is 0 Å². The molecule has 1 aromatic carbocycles. The van der Waals surface area contributed by atoms with E-state index >= 15 is 0 Å². The Hall–Kier alpha value is -1.00. The Kier molecular flexibility index (Phi) is 3.63. The van der Waals surface area contributed by atoms with Crippen molar-refractivity contribution in [2.45, 2.75) is 0 Å². The number of benzene rings is 1. The van der Waals surface area contributed by atoms with Crippen molar-refractivity contribution in [3.63, 3.8) is 0 Å². The van der Waals surface area contributed by atoms with Gasteiger partial charge in [-0.15, -0.1) is 6.42 Å². The zero-order valence-corrected chi connectivity index (χ0v) is 8.21. The molecule has 0 radical (unpaired) electrons. The summed E-state index contributed by atoms with van der Waals surface area (Å²) in [4.78, 5) is 0. The van der Waals surface area contributed by atoms with Crippen LogP contribution in [0.5, 0.6) is 0 Å². The van der Waals surface area contributed by atoms with E-state index in [4.69, 9.17) is 6.42 Å². The zero-order chi connectivity index (χ0) is 8.81. The van der Waals surface area contributed by atoms with Crippen LogP contribution in [0.15, 0.2) is 30.3 Å². The van der Waals surface area contributed by atoms with Gasteiger partial charge in [-0.3, -0.25) is 0 Å². The molecule has 0 saturated carbocycles.